The van der Waals surface area contributed by atoms with Crippen molar-refractivity contribution in [3.63, 3.8) is 0 Å². The van der Waals surface area contributed by atoms with E-state index >= 15 is 0 Å². The molecule has 1 saturated heterocycles. The molecule has 2 aromatic carbocycles. The molecular weight excluding hydrogens is 410 g/mol. The Hall–Kier alpha value is -3.12. The van der Waals surface area contributed by atoms with E-state index in [1.54, 1.807) is 11.3 Å². The smallest absolute Gasteiger partial charge is 0.311 e. The van der Waals surface area contributed by atoms with Crippen molar-refractivity contribution in [1.29, 1.82) is 0 Å². The minimum Gasteiger partial charge on any atom is -0.487 e. The second kappa shape index (κ2) is 7.85. The van der Waals surface area contributed by atoms with E-state index in [9.17, 15) is 14.7 Å². The third-order valence-electron chi connectivity index (χ3n) is 6.39. The molecule has 6 heteroatoms. The summed E-state index contributed by atoms with van der Waals surface area (Å²) >= 11 is 1.68. The number of piperidine rings is 1. The summed E-state index contributed by atoms with van der Waals surface area (Å²) in [5, 5.41) is 11.8. The SMILES string of the molecule is O=C(O)[C@@H]1CC2(CCN(C(=O)c3ccc(-c4cccs4)cc3)CC2)Oc2ccccc21. The molecular formula is C25H23NO4S. The lowest BCUT2D eigenvalue weighted by atomic mass is 9.77. The molecule has 0 bridgehead atoms. The van der Waals surface area contributed by atoms with Gasteiger partial charge in [0.25, 0.3) is 5.91 Å². The van der Waals surface area contributed by atoms with Crippen LogP contribution < -0.4 is 4.74 Å². The van der Waals surface area contributed by atoms with Crippen molar-refractivity contribution in [2.75, 3.05) is 13.1 Å². The second-order valence-electron chi connectivity index (χ2n) is 8.26. The number of hydrogen-bond acceptors (Lipinski definition) is 4. The number of hydrogen-bond donors (Lipinski definition) is 1. The predicted molar refractivity (Wildman–Crippen MR) is 120 cm³/mol. The Balaban J connectivity index is 1.29. The first kappa shape index (κ1) is 19.8. The average molecular weight is 434 g/mol. The highest BCUT2D eigenvalue weighted by Gasteiger charge is 2.46. The van der Waals surface area contributed by atoms with Gasteiger partial charge >= 0.3 is 5.97 Å². The predicted octanol–water partition coefficient (Wildman–Crippen LogP) is 5.04. The Morgan fingerprint density at radius 3 is 2.42 bits per heavy atom. The topological polar surface area (TPSA) is 66.8 Å². The number of ether oxygens (including phenoxy) is 1. The molecule has 5 nitrogen and oxygen atoms in total. The minimum atomic E-state index is -0.820. The van der Waals surface area contributed by atoms with Crippen LogP contribution >= 0.6 is 11.3 Å². The summed E-state index contributed by atoms with van der Waals surface area (Å²) in [6.07, 6.45) is 1.70. The van der Waals surface area contributed by atoms with Gasteiger partial charge in [0.2, 0.25) is 0 Å². The van der Waals surface area contributed by atoms with Crippen molar-refractivity contribution >= 4 is 23.2 Å². The molecule has 1 fully saturated rings. The molecule has 0 saturated carbocycles. The van der Waals surface area contributed by atoms with Crippen LogP contribution in [-0.4, -0.2) is 40.6 Å². The van der Waals surface area contributed by atoms with Crippen LogP contribution in [0.25, 0.3) is 10.4 Å². The van der Waals surface area contributed by atoms with Gasteiger partial charge in [-0.25, -0.2) is 0 Å². The van der Waals surface area contributed by atoms with Crippen molar-refractivity contribution in [2.45, 2.75) is 30.8 Å². The molecule has 2 aliphatic heterocycles. The van der Waals surface area contributed by atoms with Gasteiger partial charge < -0.3 is 14.7 Å². The number of thiophene rings is 1. The molecule has 2 aliphatic rings. The highest BCUT2D eigenvalue weighted by atomic mass is 32.1. The van der Waals surface area contributed by atoms with Crippen LogP contribution in [0.1, 0.15) is 41.1 Å². The van der Waals surface area contributed by atoms with Gasteiger partial charge in [0.1, 0.15) is 11.4 Å². The summed E-state index contributed by atoms with van der Waals surface area (Å²) in [7, 11) is 0. The molecule has 0 unspecified atom stereocenters. The van der Waals surface area contributed by atoms with Crippen molar-refractivity contribution < 1.29 is 19.4 Å². The van der Waals surface area contributed by atoms with Crippen LogP contribution in [0.2, 0.25) is 0 Å². The largest absolute Gasteiger partial charge is 0.487 e. The molecule has 31 heavy (non-hydrogen) atoms. The van der Waals surface area contributed by atoms with Crippen molar-refractivity contribution in [3.05, 3.63) is 77.2 Å². The number of para-hydroxylation sites is 1. The van der Waals surface area contributed by atoms with E-state index in [1.807, 2.05) is 64.9 Å². The number of rotatable bonds is 3. The summed E-state index contributed by atoms with van der Waals surface area (Å²) in [6, 6.07) is 19.2. The molecule has 1 N–H and O–H groups in total. The number of carboxylic acid groups (broad SMARTS) is 1. The fraction of sp³-hybridized carbons (Fsp3) is 0.280. The van der Waals surface area contributed by atoms with Gasteiger partial charge in [-0.3, -0.25) is 9.59 Å². The zero-order valence-electron chi connectivity index (χ0n) is 17.0. The Morgan fingerprint density at radius 2 is 1.74 bits per heavy atom. The first-order chi connectivity index (χ1) is 15.0. The molecule has 1 amide bonds. The minimum absolute atomic E-state index is 0.0126. The third kappa shape index (κ3) is 3.72. The van der Waals surface area contributed by atoms with Crippen LogP contribution in [0, 0.1) is 0 Å². The number of carbonyl (C=O) groups is 2. The molecule has 0 radical (unpaired) electrons. The maximum Gasteiger partial charge on any atom is 0.311 e. The first-order valence-corrected chi connectivity index (χ1v) is 11.4. The molecule has 1 atom stereocenters. The standard InChI is InChI=1S/C25H23NO4S/c27-23(18-9-7-17(8-10-18)22-6-3-15-31-22)26-13-11-25(12-14-26)16-20(24(28)29)19-4-1-2-5-21(19)30-25/h1-10,15,20H,11-14,16H2,(H,28,29)/t20-/m1/s1. The van der Waals surface area contributed by atoms with E-state index in [2.05, 4.69) is 6.07 Å². The fourth-order valence-electron chi connectivity index (χ4n) is 4.66. The Labute approximate surface area is 184 Å². The lowest BCUT2D eigenvalue weighted by Gasteiger charge is -2.46. The second-order valence-corrected chi connectivity index (χ2v) is 9.21. The Kier molecular flexibility index (Phi) is 5.02. The number of amides is 1. The highest BCUT2D eigenvalue weighted by molar-refractivity contribution is 7.13. The lowest BCUT2D eigenvalue weighted by Crippen LogP contribution is -2.52. The van der Waals surface area contributed by atoms with E-state index in [0.29, 0.717) is 43.7 Å². The van der Waals surface area contributed by atoms with Crippen molar-refractivity contribution in [2.24, 2.45) is 0 Å². The molecule has 1 aromatic heterocycles. The molecule has 5 rings (SSSR count). The molecule has 3 heterocycles. The van der Waals surface area contributed by atoms with E-state index in [0.717, 1.165) is 11.1 Å². The summed E-state index contributed by atoms with van der Waals surface area (Å²) in [5.41, 5.74) is 2.00. The molecule has 0 aliphatic carbocycles. The molecule has 158 valence electrons. The monoisotopic (exact) mass is 433 g/mol. The Bertz CT molecular complexity index is 1100. The summed E-state index contributed by atoms with van der Waals surface area (Å²) < 4.78 is 6.33. The van der Waals surface area contributed by atoms with Gasteiger partial charge in [-0.2, -0.15) is 0 Å². The number of carboxylic acids is 1. The van der Waals surface area contributed by atoms with E-state index in [-0.39, 0.29) is 5.91 Å². The summed E-state index contributed by atoms with van der Waals surface area (Å²) in [5.74, 6) is -0.722. The third-order valence-corrected chi connectivity index (χ3v) is 7.31. The molecule has 3 aromatic rings. The van der Waals surface area contributed by atoms with Gasteiger partial charge in [-0.05, 0) is 35.2 Å². The number of nitrogens with zero attached hydrogens (tertiary/aromatic N) is 1. The number of carbonyl (C=O) groups excluding carboxylic acids is 1. The van der Waals surface area contributed by atoms with Crippen molar-refractivity contribution in [3.8, 4) is 16.2 Å². The fourth-order valence-corrected chi connectivity index (χ4v) is 5.40. The van der Waals surface area contributed by atoms with Gasteiger partial charge in [0.05, 0.1) is 5.92 Å². The Morgan fingerprint density at radius 1 is 1.00 bits per heavy atom. The zero-order valence-corrected chi connectivity index (χ0v) is 17.8. The zero-order chi connectivity index (χ0) is 21.4. The van der Waals surface area contributed by atoms with E-state index in [1.165, 1.54) is 4.88 Å². The van der Waals surface area contributed by atoms with Crippen LogP contribution in [0.15, 0.2) is 66.0 Å². The van der Waals surface area contributed by atoms with Crippen LogP contribution in [0.3, 0.4) is 0 Å². The maximum absolute atomic E-state index is 13.0. The van der Waals surface area contributed by atoms with Crippen LogP contribution in [-0.2, 0) is 4.79 Å². The average Bonchev–Trinajstić information content (AvgIpc) is 3.34. The summed E-state index contributed by atoms with van der Waals surface area (Å²) in [4.78, 5) is 28.0. The van der Waals surface area contributed by atoms with Crippen LogP contribution in [0.5, 0.6) is 5.75 Å². The first-order valence-electron chi connectivity index (χ1n) is 10.5. The van der Waals surface area contributed by atoms with Gasteiger partial charge in [-0.1, -0.05) is 36.4 Å². The number of benzene rings is 2. The maximum atomic E-state index is 13.0. The van der Waals surface area contributed by atoms with E-state index < -0.39 is 17.5 Å². The number of likely N-dealkylation sites (tertiary alicyclic amines) is 1. The quantitative estimate of drug-likeness (QED) is 0.628. The molecule has 1 spiro atoms. The number of aliphatic carboxylic acids is 1. The summed E-state index contributed by atoms with van der Waals surface area (Å²) in [6.45, 7) is 1.11. The lowest BCUT2D eigenvalue weighted by molar-refractivity contribution is -0.142. The highest BCUT2D eigenvalue weighted by Crippen LogP contribution is 2.45. The van der Waals surface area contributed by atoms with Crippen molar-refractivity contribution in [1.82, 2.24) is 4.90 Å². The van der Waals surface area contributed by atoms with Crippen LogP contribution in [0.4, 0.5) is 0 Å². The van der Waals surface area contributed by atoms with Gasteiger partial charge in [0, 0.05) is 48.4 Å². The van der Waals surface area contributed by atoms with Gasteiger partial charge in [0.15, 0.2) is 0 Å². The normalized spacial score (nSPS) is 19.5. The van der Waals surface area contributed by atoms with E-state index in [4.69, 9.17) is 4.74 Å². The number of fused-ring (bicyclic) bond motifs is 1. The van der Waals surface area contributed by atoms with Gasteiger partial charge in [-0.15, -0.1) is 11.3 Å².